The zero-order valence-electron chi connectivity index (χ0n) is 8.39. The first kappa shape index (κ1) is 11.1. The van der Waals surface area contributed by atoms with Crippen LogP contribution in [0.5, 0.6) is 0 Å². The predicted octanol–water partition coefficient (Wildman–Crippen LogP) is 3.08. The zero-order chi connectivity index (χ0) is 10.8. The molecular weight excluding hydrogens is 231 g/mol. The molecule has 0 spiro atoms. The van der Waals surface area contributed by atoms with Crippen LogP contribution in [0.3, 0.4) is 0 Å². The highest BCUT2D eigenvalue weighted by Gasteiger charge is 2.20. The van der Waals surface area contributed by atoms with Gasteiger partial charge >= 0.3 is 0 Å². The molecule has 15 heavy (non-hydrogen) atoms. The molecule has 82 valence electrons. The Kier molecular flexibility index (Phi) is 3.39. The SMILES string of the molecule is Nc1c(Cl)cc(CNCC2CC2)cc1Cl. The van der Waals surface area contributed by atoms with Gasteiger partial charge in [-0.05, 0) is 43.0 Å². The molecule has 0 bridgehead atoms. The van der Waals surface area contributed by atoms with E-state index in [9.17, 15) is 0 Å². The summed E-state index contributed by atoms with van der Waals surface area (Å²) >= 11 is 11.9. The Morgan fingerprint density at radius 1 is 1.27 bits per heavy atom. The van der Waals surface area contributed by atoms with Crippen LogP contribution in [0.25, 0.3) is 0 Å². The van der Waals surface area contributed by atoms with Crippen molar-refractivity contribution < 1.29 is 0 Å². The number of benzene rings is 1. The second-order valence-electron chi connectivity index (χ2n) is 4.05. The first-order chi connectivity index (χ1) is 7.16. The maximum Gasteiger partial charge on any atom is 0.0693 e. The fourth-order valence-electron chi connectivity index (χ4n) is 1.48. The summed E-state index contributed by atoms with van der Waals surface area (Å²) in [5.41, 5.74) is 7.20. The number of halogens is 2. The highest BCUT2D eigenvalue weighted by molar-refractivity contribution is 6.38. The molecule has 0 aliphatic heterocycles. The molecule has 0 heterocycles. The van der Waals surface area contributed by atoms with Crippen LogP contribution in [-0.4, -0.2) is 6.54 Å². The second kappa shape index (κ2) is 4.60. The molecule has 1 aromatic carbocycles. The number of nitrogens with two attached hydrogens (primary N) is 1. The van der Waals surface area contributed by atoms with E-state index in [0.29, 0.717) is 15.7 Å². The quantitative estimate of drug-likeness (QED) is 0.800. The molecule has 1 aliphatic rings. The molecule has 1 aliphatic carbocycles. The Hall–Kier alpha value is -0.440. The van der Waals surface area contributed by atoms with E-state index >= 15 is 0 Å². The molecule has 0 radical (unpaired) electrons. The molecule has 0 amide bonds. The molecule has 1 fully saturated rings. The summed E-state index contributed by atoms with van der Waals surface area (Å²) in [6.45, 7) is 1.88. The highest BCUT2D eigenvalue weighted by Crippen LogP contribution is 2.29. The Morgan fingerprint density at radius 3 is 2.40 bits per heavy atom. The minimum absolute atomic E-state index is 0.462. The second-order valence-corrected chi connectivity index (χ2v) is 4.86. The molecule has 0 atom stereocenters. The maximum atomic E-state index is 5.94. The van der Waals surface area contributed by atoms with Gasteiger partial charge in [-0.1, -0.05) is 23.2 Å². The monoisotopic (exact) mass is 244 g/mol. The van der Waals surface area contributed by atoms with Crippen LogP contribution in [0.2, 0.25) is 10.0 Å². The fraction of sp³-hybridized carbons (Fsp3) is 0.455. The minimum atomic E-state index is 0.462. The molecule has 3 N–H and O–H groups in total. The lowest BCUT2D eigenvalue weighted by Gasteiger charge is -2.07. The molecule has 2 nitrogen and oxygen atoms in total. The summed E-state index contributed by atoms with van der Waals surface area (Å²) < 4.78 is 0. The van der Waals surface area contributed by atoms with Gasteiger partial charge in [-0.2, -0.15) is 0 Å². The van der Waals surface area contributed by atoms with Gasteiger partial charge in [0.1, 0.15) is 0 Å². The average Bonchev–Trinajstić information content (AvgIpc) is 2.98. The van der Waals surface area contributed by atoms with Gasteiger partial charge in [0, 0.05) is 6.54 Å². The molecule has 1 saturated carbocycles. The zero-order valence-corrected chi connectivity index (χ0v) is 9.91. The van der Waals surface area contributed by atoms with Crippen molar-refractivity contribution in [1.29, 1.82) is 0 Å². The van der Waals surface area contributed by atoms with Crippen molar-refractivity contribution in [2.45, 2.75) is 19.4 Å². The molecule has 0 aromatic heterocycles. The molecule has 4 heteroatoms. The number of hydrogen-bond donors (Lipinski definition) is 2. The molecule has 0 unspecified atom stereocenters. The number of nitrogen functional groups attached to an aromatic ring is 1. The van der Waals surface area contributed by atoms with Crippen LogP contribution in [0, 0.1) is 5.92 Å². The van der Waals surface area contributed by atoms with Crippen LogP contribution in [-0.2, 0) is 6.54 Å². The van der Waals surface area contributed by atoms with E-state index in [1.54, 1.807) is 0 Å². The van der Waals surface area contributed by atoms with E-state index in [-0.39, 0.29) is 0 Å². The van der Waals surface area contributed by atoms with E-state index in [4.69, 9.17) is 28.9 Å². The Balaban J connectivity index is 1.94. The van der Waals surface area contributed by atoms with Crippen molar-refractivity contribution in [2.75, 3.05) is 12.3 Å². The lowest BCUT2D eigenvalue weighted by molar-refractivity contribution is 0.639. The lowest BCUT2D eigenvalue weighted by atomic mass is 10.2. The Labute approximate surface area is 99.7 Å². The molecule has 2 rings (SSSR count). The van der Waals surface area contributed by atoms with Gasteiger partial charge in [0.25, 0.3) is 0 Å². The van der Waals surface area contributed by atoms with E-state index in [1.165, 1.54) is 12.8 Å². The van der Waals surface area contributed by atoms with Crippen molar-refractivity contribution in [3.63, 3.8) is 0 Å². The average molecular weight is 245 g/mol. The van der Waals surface area contributed by atoms with Crippen LogP contribution < -0.4 is 11.1 Å². The summed E-state index contributed by atoms with van der Waals surface area (Å²) in [5, 5.41) is 4.45. The van der Waals surface area contributed by atoms with E-state index < -0.39 is 0 Å². The highest BCUT2D eigenvalue weighted by atomic mass is 35.5. The van der Waals surface area contributed by atoms with Crippen LogP contribution in [0.15, 0.2) is 12.1 Å². The number of anilines is 1. The van der Waals surface area contributed by atoms with E-state index in [1.807, 2.05) is 12.1 Å². The van der Waals surface area contributed by atoms with Gasteiger partial charge in [0.2, 0.25) is 0 Å². The van der Waals surface area contributed by atoms with Crippen molar-refractivity contribution >= 4 is 28.9 Å². The normalized spacial score (nSPS) is 15.6. The van der Waals surface area contributed by atoms with Gasteiger partial charge in [-0.3, -0.25) is 0 Å². The summed E-state index contributed by atoms with van der Waals surface area (Å²) in [4.78, 5) is 0. The fourth-order valence-corrected chi connectivity index (χ4v) is 2.01. The summed E-state index contributed by atoms with van der Waals surface area (Å²) in [6.07, 6.45) is 2.71. The first-order valence-electron chi connectivity index (χ1n) is 5.11. The molecular formula is C11H14Cl2N2. The van der Waals surface area contributed by atoms with Crippen LogP contribution >= 0.6 is 23.2 Å². The van der Waals surface area contributed by atoms with Crippen molar-refractivity contribution in [2.24, 2.45) is 5.92 Å². The van der Waals surface area contributed by atoms with E-state index in [2.05, 4.69) is 5.32 Å². The van der Waals surface area contributed by atoms with Crippen molar-refractivity contribution in [3.8, 4) is 0 Å². The van der Waals surface area contributed by atoms with Gasteiger partial charge in [0.05, 0.1) is 15.7 Å². The summed E-state index contributed by atoms with van der Waals surface area (Å²) in [7, 11) is 0. The predicted molar refractivity (Wildman–Crippen MR) is 65.3 cm³/mol. The largest absolute Gasteiger partial charge is 0.396 e. The lowest BCUT2D eigenvalue weighted by Crippen LogP contribution is -2.16. The first-order valence-corrected chi connectivity index (χ1v) is 5.86. The maximum absolute atomic E-state index is 5.94. The Morgan fingerprint density at radius 2 is 1.87 bits per heavy atom. The van der Waals surface area contributed by atoms with Gasteiger partial charge < -0.3 is 11.1 Å². The van der Waals surface area contributed by atoms with Gasteiger partial charge in [-0.25, -0.2) is 0 Å². The third kappa shape index (κ3) is 3.00. The molecule has 0 saturated heterocycles. The number of hydrogen-bond acceptors (Lipinski definition) is 2. The van der Waals surface area contributed by atoms with Gasteiger partial charge in [0.15, 0.2) is 0 Å². The number of rotatable bonds is 4. The Bertz CT molecular complexity index is 339. The third-order valence-electron chi connectivity index (χ3n) is 2.60. The minimum Gasteiger partial charge on any atom is -0.396 e. The number of nitrogens with one attached hydrogen (secondary N) is 1. The summed E-state index contributed by atoms with van der Waals surface area (Å²) in [6, 6.07) is 3.73. The summed E-state index contributed by atoms with van der Waals surface area (Å²) in [5.74, 6) is 0.879. The van der Waals surface area contributed by atoms with Gasteiger partial charge in [-0.15, -0.1) is 0 Å². The topological polar surface area (TPSA) is 38.0 Å². The standard InChI is InChI=1S/C11H14Cl2N2/c12-9-3-8(4-10(13)11(9)14)6-15-5-7-1-2-7/h3-4,7,15H,1-2,5-6,14H2. The van der Waals surface area contributed by atoms with Crippen molar-refractivity contribution in [3.05, 3.63) is 27.7 Å². The smallest absolute Gasteiger partial charge is 0.0693 e. The third-order valence-corrected chi connectivity index (χ3v) is 3.22. The molecule has 1 aromatic rings. The van der Waals surface area contributed by atoms with Crippen LogP contribution in [0.1, 0.15) is 18.4 Å². The van der Waals surface area contributed by atoms with Crippen molar-refractivity contribution in [1.82, 2.24) is 5.32 Å². The van der Waals surface area contributed by atoms with Crippen LogP contribution in [0.4, 0.5) is 5.69 Å². The van der Waals surface area contributed by atoms with E-state index in [0.717, 1.165) is 24.6 Å².